The van der Waals surface area contributed by atoms with Crippen molar-refractivity contribution in [2.24, 2.45) is 11.7 Å². The zero-order valence-corrected chi connectivity index (χ0v) is 9.97. The Bertz CT molecular complexity index is 381. The van der Waals surface area contributed by atoms with E-state index in [0.717, 1.165) is 5.56 Å². The van der Waals surface area contributed by atoms with Crippen LogP contribution in [-0.4, -0.2) is 35.5 Å². The monoisotopic (exact) mass is 234 g/mol. The van der Waals surface area contributed by atoms with Crippen LogP contribution in [0, 0.1) is 5.92 Å². The first-order valence-corrected chi connectivity index (χ1v) is 5.86. The summed E-state index contributed by atoms with van der Waals surface area (Å²) in [4.78, 5) is 17.6. The van der Waals surface area contributed by atoms with Crippen molar-refractivity contribution in [3.05, 3.63) is 30.1 Å². The zero-order chi connectivity index (χ0) is 12.3. The number of hydrogen-bond acceptors (Lipinski definition) is 3. The molecule has 5 nitrogen and oxygen atoms in total. The van der Waals surface area contributed by atoms with E-state index in [1.165, 1.54) is 0 Å². The van der Waals surface area contributed by atoms with Crippen molar-refractivity contribution < 1.29 is 4.79 Å². The summed E-state index contributed by atoms with van der Waals surface area (Å²) in [5.74, 6) is 0.327. The predicted octanol–water partition coefficient (Wildman–Crippen LogP) is 0.743. The van der Waals surface area contributed by atoms with Crippen LogP contribution in [0.5, 0.6) is 0 Å². The average Bonchev–Trinajstić information content (AvgIpc) is 2.72. The molecule has 1 aliphatic heterocycles. The van der Waals surface area contributed by atoms with Gasteiger partial charge in [-0.05, 0) is 24.1 Å². The van der Waals surface area contributed by atoms with Crippen molar-refractivity contribution in [2.75, 3.05) is 19.6 Å². The van der Waals surface area contributed by atoms with Crippen molar-refractivity contribution in [3.63, 3.8) is 0 Å². The number of hydrogen-bond donors (Lipinski definition) is 2. The van der Waals surface area contributed by atoms with E-state index in [-0.39, 0.29) is 12.1 Å². The normalized spacial score (nSPS) is 21.4. The lowest BCUT2D eigenvalue weighted by atomic mass is 10.1. The van der Waals surface area contributed by atoms with Gasteiger partial charge in [-0.15, -0.1) is 0 Å². The van der Waals surface area contributed by atoms with E-state index in [1.807, 2.05) is 24.0 Å². The molecule has 1 aromatic heterocycles. The Morgan fingerprint density at radius 3 is 3.18 bits per heavy atom. The fourth-order valence-electron chi connectivity index (χ4n) is 1.97. The lowest BCUT2D eigenvalue weighted by Gasteiger charge is -2.18. The van der Waals surface area contributed by atoms with E-state index < -0.39 is 0 Å². The number of amides is 2. The Morgan fingerprint density at radius 2 is 2.53 bits per heavy atom. The number of nitrogens with one attached hydrogen (secondary N) is 1. The van der Waals surface area contributed by atoms with Gasteiger partial charge in [0.15, 0.2) is 0 Å². The topological polar surface area (TPSA) is 71.2 Å². The molecular weight excluding hydrogens is 216 g/mol. The van der Waals surface area contributed by atoms with Gasteiger partial charge < -0.3 is 16.0 Å². The minimum atomic E-state index is -0.0147. The standard InChI is InChI=1S/C12H18N4O/c1-9(5-13)7-16-8-11(15-12(16)17)10-3-2-4-14-6-10/h2-4,6,9,11H,5,7-8,13H2,1H3,(H,15,17). The van der Waals surface area contributed by atoms with Gasteiger partial charge in [0.1, 0.15) is 0 Å². The maximum absolute atomic E-state index is 11.8. The number of rotatable bonds is 4. The van der Waals surface area contributed by atoms with E-state index in [2.05, 4.69) is 10.3 Å². The smallest absolute Gasteiger partial charge is 0.318 e. The van der Waals surface area contributed by atoms with Crippen LogP contribution < -0.4 is 11.1 Å². The Balaban J connectivity index is 2.00. The Morgan fingerprint density at radius 1 is 1.71 bits per heavy atom. The van der Waals surface area contributed by atoms with Gasteiger partial charge in [-0.1, -0.05) is 13.0 Å². The molecule has 5 heteroatoms. The molecule has 1 saturated heterocycles. The van der Waals surface area contributed by atoms with Gasteiger partial charge in [0.05, 0.1) is 6.04 Å². The number of carbonyl (C=O) groups excluding carboxylic acids is 1. The third kappa shape index (κ3) is 2.74. The minimum Gasteiger partial charge on any atom is -0.330 e. The zero-order valence-electron chi connectivity index (χ0n) is 9.97. The number of urea groups is 1. The number of aromatic nitrogens is 1. The maximum atomic E-state index is 11.8. The fraction of sp³-hybridized carbons (Fsp3) is 0.500. The predicted molar refractivity (Wildman–Crippen MR) is 65.3 cm³/mol. The van der Waals surface area contributed by atoms with Crippen LogP contribution in [-0.2, 0) is 0 Å². The molecule has 0 bridgehead atoms. The molecule has 1 aliphatic rings. The second-order valence-corrected chi connectivity index (χ2v) is 4.53. The first kappa shape index (κ1) is 11.9. The molecule has 0 spiro atoms. The van der Waals surface area contributed by atoms with Crippen LogP contribution in [0.3, 0.4) is 0 Å². The summed E-state index contributed by atoms with van der Waals surface area (Å²) in [6.45, 7) is 4.04. The van der Waals surface area contributed by atoms with Crippen LogP contribution in [0.25, 0.3) is 0 Å². The summed E-state index contributed by atoms with van der Waals surface area (Å²) < 4.78 is 0. The first-order valence-electron chi connectivity index (χ1n) is 5.86. The molecule has 17 heavy (non-hydrogen) atoms. The van der Waals surface area contributed by atoms with Crippen LogP contribution in [0.1, 0.15) is 18.5 Å². The van der Waals surface area contributed by atoms with Gasteiger partial charge in [0, 0.05) is 25.5 Å². The molecule has 2 heterocycles. The lowest BCUT2D eigenvalue weighted by molar-refractivity contribution is 0.211. The van der Waals surface area contributed by atoms with Crippen LogP contribution >= 0.6 is 0 Å². The molecule has 2 amide bonds. The molecular formula is C12H18N4O. The van der Waals surface area contributed by atoms with Crippen LogP contribution in [0.4, 0.5) is 4.79 Å². The summed E-state index contributed by atoms with van der Waals surface area (Å²) >= 11 is 0. The number of pyridine rings is 1. The maximum Gasteiger partial charge on any atom is 0.318 e. The number of carbonyl (C=O) groups is 1. The lowest BCUT2D eigenvalue weighted by Crippen LogP contribution is -2.34. The van der Waals surface area contributed by atoms with E-state index in [0.29, 0.717) is 25.6 Å². The van der Waals surface area contributed by atoms with Gasteiger partial charge >= 0.3 is 6.03 Å². The van der Waals surface area contributed by atoms with E-state index in [9.17, 15) is 4.79 Å². The molecule has 3 N–H and O–H groups in total. The van der Waals surface area contributed by atoms with Crippen molar-refractivity contribution in [2.45, 2.75) is 13.0 Å². The number of nitrogens with two attached hydrogens (primary N) is 1. The fourth-order valence-corrected chi connectivity index (χ4v) is 1.97. The summed E-state index contributed by atoms with van der Waals surface area (Å²) in [5.41, 5.74) is 6.62. The molecule has 1 fully saturated rings. The quantitative estimate of drug-likeness (QED) is 0.807. The molecule has 2 unspecified atom stereocenters. The highest BCUT2D eigenvalue weighted by atomic mass is 16.2. The SMILES string of the molecule is CC(CN)CN1CC(c2cccnc2)NC1=O. The van der Waals surface area contributed by atoms with Crippen molar-refractivity contribution in [3.8, 4) is 0 Å². The summed E-state index contributed by atoms with van der Waals surface area (Å²) in [6.07, 6.45) is 3.52. The molecule has 2 rings (SSSR count). The Labute approximate surface area is 101 Å². The average molecular weight is 234 g/mol. The third-order valence-electron chi connectivity index (χ3n) is 3.01. The molecule has 1 aromatic rings. The summed E-state index contributed by atoms with van der Waals surface area (Å²) in [7, 11) is 0. The minimum absolute atomic E-state index is 0.0147. The van der Waals surface area contributed by atoms with E-state index in [4.69, 9.17) is 5.73 Å². The van der Waals surface area contributed by atoms with Crippen molar-refractivity contribution >= 4 is 6.03 Å². The van der Waals surface area contributed by atoms with Gasteiger partial charge in [0.2, 0.25) is 0 Å². The molecule has 0 aromatic carbocycles. The van der Waals surface area contributed by atoms with E-state index >= 15 is 0 Å². The molecule has 92 valence electrons. The van der Waals surface area contributed by atoms with Crippen molar-refractivity contribution in [1.82, 2.24) is 15.2 Å². The van der Waals surface area contributed by atoms with Crippen LogP contribution in [0.15, 0.2) is 24.5 Å². The highest BCUT2D eigenvalue weighted by Crippen LogP contribution is 2.19. The van der Waals surface area contributed by atoms with Gasteiger partial charge in [-0.25, -0.2) is 4.79 Å². The Hall–Kier alpha value is -1.62. The first-order chi connectivity index (χ1) is 8.20. The third-order valence-corrected chi connectivity index (χ3v) is 3.01. The molecule has 0 radical (unpaired) electrons. The largest absolute Gasteiger partial charge is 0.330 e. The van der Waals surface area contributed by atoms with Gasteiger partial charge in [-0.3, -0.25) is 4.98 Å². The van der Waals surface area contributed by atoms with Gasteiger partial charge in [0.25, 0.3) is 0 Å². The van der Waals surface area contributed by atoms with Crippen LogP contribution in [0.2, 0.25) is 0 Å². The summed E-state index contributed by atoms with van der Waals surface area (Å²) in [5, 5.41) is 2.96. The summed E-state index contributed by atoms with van der Waals surface area (Å²) in [6, 6.07) is 3.89. The second-order valence-electron chi connectivity index (χ2n) is 4.53. The molecule has 0 saturated carbocycles. The number of nitrogens with zero attached hydrogens (tertiary/aromatic N) is 2. The highest BCUT2D eigenvalue weighted by molar-refractivity contribution is 5.77. The van der Waals surface area contributed by atoms with Crippen molar-refractivity contribution in [1.29, 1.82) is 0 Å². The molecule has 0 aliphatic carbocycles. The Kier molecular flexibility index (Phi) is 3.58. The molecule has 2 atom stereocenters. The van der Waals surface area contributed by atoms with E-state index in [1.54, 1.807) is 12.4 Å². The second kappa shape index (κ2) is 5.14. The van der Waals surface area contributed by atoms with Gasteiger partial charge in [-0.2, -0.15) is 0 Å². The highest BCUT2D eigenvalue weighted by Gasteiger charge is 2.30.